The molecule has 0 spiro atoms. The van der Waals surface area contributed by atoms with Crippen LogP contribution >= 0.6 is 0 Å². The van der Waals surface area contributed by atoms with E-state index < -0.39 is 0 Å². The fourth-order valence-corrected chi connectivity index (χ4v) is 3.44. The Labute approximate surface area is 124 Å². The van der Waals surface area contributed by atoms with Gasteiger partial charge in [0.1, 0.15) is 0 Å². The first kappa shape index (κ1) is 15.5. The highest BCUT2D eigenvalue weighted by Gasteiger charge is 2.31. The molecule has 0 heterocycles. The second-order valence-corrected chi connectivity index (χ2v) is 7.41. The van der Waals surface area contributed by atoms with Crippen molar-refractivity contribution in [1.29, 1.82) is 0 Å². The summed E-state index contributed by atoms with van der Waals surface area (Å²) >= 11 is 0. The molecular weight excluding hydrogens is 244 g/mol. The lowest BCUT2D eigenvalue weighted by atomic mass is 9.70. The molecule has 1 aliphatic rings. The summed E-state index contributed by atoms with van der Waals surface area (Å²) in [5.41, 5.74) is 7.78. The Morgan fingerprint density at radius 3 is 2.50 bits per heavy atom. The van der Waals surface area contributed by atoms with Crippen molar-refractivity contribution in [3.05, 3.63) is 34.9 Å². The monoisotopic (exact) mass is 274 g/mol. The first-order valence-electron chi connectivity index (χ1n) is 7.93. The van der Waals surface area contributed by atoms with Crippen LogP contribution in [0.1, 0.15) is 56.2 Å². The molecule has 1 unspecified atom stereocenters. The van der Waals surface area contributed by atoms with Gasteiger partial charge in [-0.15, -0.1) is 0 Å². The lowest BCUT2D eigenvalue weighted by Gasteiger charge is -2.38. The molecule has 0 amide bonds. The van der Waals surface area contributed by atoms with Gasteiger partial charge in [0.05, 0.1) is 0 Å². The van der Waals surface area contributed by atoms with E-state index in [2.05, 4.69) is 51.3 Å². The molecule has 112 valence electrons. The van der Waals surface area contributed by atoms with Gasteiger partial charge in [-0.3, -0.25) is 11.3 Å². The van der Waals surface area contributed by atoms with Crippen LogP contribution in [0.3, 0.4) is 0 Å². The van der Waals surface area contributed by atoms with Gasteiger partial charge in [-0.25, -0.2) is 0 Å². The molecule has 2 heteroatoms. The number of nitrogens with two attached hydrogens (primary N) is 1. The lowest BCUT2D eigenvalue weighted by Crippen LogP contribution is -2.44. The van der Waals surface area contributed by atoms with Crippen molar-refractivity contribution in [2.45, 2.75) is 65.8 Å². The molecule has 0 aliphatic heterocycles. The molecule has 0 saturated heterocycles. The van der Waals surface area contributed by atoms with E-state index in [0.717, 1.165) is 6.42 Å². The number of benzene rings is 1. The Bertz CT molecular complexity index is 441. The molecule has 0 radical (unpaired) electrons. The second-order valence-electron chi connectivity index (χ2n) is 7.41. The SMILES string of the molecule is Cc1ccc(C)c(CC(NN)C2CCC(C)(C)CC2)c1. The maximum atomic E-state index is 5.86. The van der Waals surface area contributed by atoms with Gasteiger partial charge >= 0.3 is 0 Å². The molecule has 1 aromatic rings. The second kappa shape index (κ2) is 6.28. The first-order valence-corrected chi connectivity index (χ1v) is 7.93. The third-order valence-corrected chi connectivity index (χ3v) is 5.11. The Hall–Kier alpha value is -0.860. The van der Waals surface area contributed by atoms with Crippen molar-refractivity contribution in [1.82, 2.24) is 5.43 Å². The molecule has 0 aromatic heterocycles. The van der Waals surface area contributed by atoms with Gasteiger partial charge in [-0.2, -0.15) is 0 Å². The van der Waals surface area contributed by atoms with E-state index in [0.29, 0.717) is 17.4 Å². The van der Waals surface area contributed by atoms with Crippen LogP contribution in [0.25, 0.3) is 0 Å². The smallest absolute Gasteiger partial charge is 0.0279 e. The molecule has 2 rings (SSSR count). The molecule has 20 heavy (non-hydrogen) atoms. The third kappa shape index (κ3) is 3.83. The van der Waals surface area contributed by atoms with Crippen molar-refractivity contribution in [2.75, 3.05) is 0 Å². The highest BCUT2D eigenvalue weighted by atomic mass is 15.2. The highest BCUT2D eigenvalue weighted by molar-refractivity contribution is 5.31. The average Bonchev–Trinajstić information content (AvgIpc) is 2.40. The zero-order chi connectivity index (χ0) is 14.8. The van der Waals surface area contributed by atoms with Gasteiger partial charge in [-0.05, 0) is 68.4 Å². The fraction of sp³-hybridized carbons (Fsp3) is 0.667. The maximum absolute atomic E-state index is 5.86. The van der Waals surface area contributed by atoms with Crippen molar-refractivity contribution in [3.63, 3.8) is 0 Å². The predicted molar refractivity (Wildman–Crippen MR) is 86.5 cm³/mol. The number of rotatable bonds is 4. The zero-order valence-electron chi connectivity index (χ0n) is 13.5. The summed E-state index contributed by atoms with van der Waals surface area (Å²) in [6.45, 7) is 9.14. The van der Waals surface area contributed by atoms with E-state index in [9.17, 15) is 0 Å². The van der Waals surface area contributed by atoms with Gasteiger partial charge < -0.3 is 0 Å². The van der Waals surface area contributed by atoms with E-state index in [1.807, 2.05) is 0 Å². The summed E-state index contributed by atoms with van der Waals surface area (Å²) in [6.07, 6.45) is 6.29. The summed E-state index contributed by atoms with van der Waals surface area (Å²) in [7, 11) is 0. The minimum atomic E-state index is 0.409. The summed E-state index contributed by atoms with van der Waals surface area (Å²) in [5, 5.41) is 0. The van der Waals surface area contributed by atoms with Crippen molar-refractivity contribution in [2.24, 2.45) is 17.2 Å². The van der Waals surface area contributed by atoms with Crippen LogP contribution in [0, 0.1) is 25.2 Å². The number of aryl methyl sites for hydroxylation is 2. The van der Waals surface area contributed by atoms with Crippen LogP contribution in [-0.4, -0.2) is 6.04 Å². The summed E-state index contributed by atoms with van der Waals surface area (Å²) in [5.74, 6) is 6.57. The highest BCUT2D eigenvalue weighted by Crippen LogP contribution is 2.39. The molecule has 1 atom stereocenters. The zero-order valence-corrected chi connectivity index (χ0v) is 13.5. The molecule has 1 fully saturated rings. The van der Waals surface area contributed by atoms with Gasteiger partial charge in [0.2, 0.25) is 0 Å². The Kier molecular flexibility index (Phi) is 4.87. The third-order valence-electron chi connectivity index (χ3n) is 5.11. The molecule has 2 nitrogen and oxygen atoms in total. The van der Waals surface area contributed by atoms with Crippen LogP contribution in [0.15, 0.2) is 18.2 Å². The number of hydrogen-bond donors (Lipinski definition) is 2. The Balaban J connectivity index is 2.04. The van der Waals surface area contributed by atoms with E-state index in [1.54, 1.807) is 0 Å². The summed E-state index contributed by atoms with van der Waals surface area (Å²) in [6, 6.07) is 7.13. The van der Waals surface area contributed by atoms with Crippen LogP contribution in [0.2, 0.25) is 0 Å². The van der Waals surface area contributed by atoms with E-state index in [-0.39, 0.29) is 0 Å². The van der Waals surface area contributed by atoms with E-state index in [1.165, 1.54) is 42.4 Å². The quantitative estimate of drug-likeness (QED) is 0.645. The summed E-state index contributed by atoms with van der Waals surface area (Å²) < 4.78 is 0. The normalized spacial score (nSPS) is 20.9. The van der Waals surface area contributed by atoms with Gasteiger partial charge in [0.25, 0.3) is 0 Å². The standard InChI is InChI=1S/C18H30N2/c1-13-5-6-14(2)16(11-13)12-17(20-19)15-7-9-18(3,4)10-8-15/h5-6,11,15,17,20H,7-10,12,19H2,1-4H3. The van der Waals surface area contributed by atoms with Crippen LogP contribution in [0.4, 0.5) is 0 Å². The molecule has 3 N–H and O–H groups in total. The van der Waals surface area contributed by atoms with Crippen molar-refractivity contribution >= 4 is 0 Å². The van der Waals surface area contributed by atoms with Crippen molar-refractivity contribution in [3.8, 4) is 0 Å². The maximum Gasteiger partial charge on any atom is 0.0279 e. The summed E-state index contributed by atoms with van der Waals surface area (Å²) in [4.78, 5) is 0. The molecule has 1 aromatic carbocycles. The predicted octanol–water partition coefficient (Wildman–Crippen LogP) is 3.89. The van der Waals surface area contributed by atoms with Crippen LogP contribution in [0.5, 0.6) is 0 Å². The Morgan fingerprint density at radius 1 is 1.25 bits per heavy atom. The first-order chi connectivity index (χ1) is 9.41. The lowest BCUT2D eigenvalue weighted by molar-refractivity contribution is 0.161. The Morgan fingerprint density at radius 2 is 1.90 bits per heavy atom. The number of nitrogens with one attached hydrogen (secondary N) is 1. The van der Waals surface area contributed by atoms with Gasteiger partial charge in [-0.1, -0.05) is 37.6 Å². The minimum Gasteiger partial charge on any atom is -0.271 e. The minimum absolute atomic E-state index is 0.409. The molecule has 1 aliphatic carbocycles. The number of hydrogen-bond acceptors (Lipinski definition) is 2. The van der Waals surface area contributed by atoms with Crippen LogP contribution < -0.4 is 11.3 Å². The van der Waals surface area contributed by atoms with E-state index >= 15 is 0 Å². The fourth-order valence-electron chi connectivity index (χ4n) is 3.44. The topological polar surface area (TPSA) is 38.0 Å². The number of hydrazine groups is 1. The molecule has 1 saturated carbocycles. The largest absolute Gasteiger partial charge is 0.271 e. The van der Waals surface area contributed by atoms with Crippen molar-refractivity contribution < 1.29 is 0 Å². The average molecular weight is 274 g/mol. The van der Waals surface area contributed by atoms with Gasteiger partial charge in [0, 0.05) is 6.04 Å². The van der Waals surface area contributed by atoms with E-state index in [4.69, 9.17) is 5.84 Å². The molecular formula is C18H30N2. The van der Waals surface area contributed by atoms with Gasteiger partial charge in [0.15, 0.2) is 0 Å². The molecule has 0 bridgehead atoms. The van der Waals surface area contributed by atoms with Crippen LogP contribution in [-0.2, 0) is 6.42 Å².